The molecule has 3 aromatic rings. The van der Waals surface area contributed by atoms with Gasteiger partial charge in [-0.05, 0) is 49.2 Å². The second-order valence-corrected chi connectivity index (χ2v) is 8.89. The minimum Gasteiger partial charge on any atom is -0.497 e. The van der Waals surface area contributed by atoms with E-state index >= 15 is 0 Å². The molecule has 31 heavy (non-hydrogen) atoms. The van der Waals surface area contributed by atoms with E-state index in [9.17, 15) is 4.79 Å². The Hall–Kier alpha value is -2.67. The third kappa shape index (κ3) is 4.66. The summed E-state index contributed by atoms with van der Waals surface area (Å²) in [6.07, 6.45) is 0. The number of rotatable bonds is 6. The Kier molecular flexibility index (Phi) is 6.70. The summed E-state index contributed by atoms with van der Waals surface area (Å²) >= 11 is 1.64. The molecule has 1 aliphatic rings. The standard InChI is InChI=1S/C25H28N2O3S/c1-17-18(2)31-25(26-24(28)20-9-11-21(29-3)12-10-20)22(17)23(19-7-5-4-6-8-19)27-13-15-30-16-14-27/h4-12,23H,13-16H2,1-3H3,(H,26,28)/t23-/m0/s1. The second-order valence-electron chi connectivity index (χ2n) is 7.67. The average Bonchev–Trinajstić information content (AvgIpc) is 3.08. The molecule has 1 N–H and O–H groups in total. The van der Waals surface area contributed by atoms with Gasteiger partial charge in [-0.2, -0.15) is 0 Å². The number of nitrogens with zero attached hydrogens (tertiary/aromatic N) is 1. The summed E-state index contributed by atoms with van der Waals surface area (Å²) in [5, 5.41) is 4.11. The van der Waals surface area contributed by atoms with Gasteiger partial charge in [0.1, 0.15) is 10.8 Å². The largest absolute Gasteiger partial charge is 0.497 e. The van der Waals surface area contributed by atoms with Crippen molar-refractivity contribution in [1.29, 1.82) is 0 Å². The molecule has 2 aromatic carbocycles. The normalized spacial score (nSPS) is 15.5. The van der Waals surface area contributed by atoms with Crippen molar-refractivity contribution in [1.82, 2.24) is 4.90 Å². The first-order valence-electron chi connectivity index (χ1n) is 10.5. The van der Waals surface area contributed by atoms with E-state index in [-0.39, 0.29) is 11.9 Å². The number of aryl methyl sites for hydroxylation is 1. The summed E-state index contributed by atoms with van der Waals surface area (Å²) in [5.41, 5.74) is 4.25. The Labute approximate surface area is 187 Å². The van der Waals surface area contributed by atoms with Crippen molar-refractivity contribution >= 4 is 22.2 Å². The minimum atomic E-state index is -0.112. The van der Waals surface area contributed by atoms with E-state index in [0.29, 0.717) is 5.56 Å². The van der Waals surface area contributed by atoms with Crippen molar-refractivity contribution in [3.8, 4) is 5.75 Å². The van der Waals surface area contributed by atoms with Gasteiger partial charge in [-0.3, -0.25) is 9.69 Å². The van der Waals surface area contributed by atoms with Crippen LogP contribution in [0.3, 0.4) is 0 Å². The lowest BCUT2D eigenvalue weighted by Crippen LogP contribution is -2.39. The molecule has 6 heteroatoms. The molecule has 0 bridgehead atoms. The van der Waals surface area contributed by atoms with Gasteiger partial charge in [0, 0.05) is 29.1 Å². The highest BCUT2D eigenvalue weighted by Crippen LogP contribution is 2.42. The number of methoxy groups -OCH3 is 1. The Balaban J connectivity index is 1.71. The fraction of sp³-hybridized carbons (Fsp3) is 0.320. The molecule has 1 fully saturated rings. The number of amides is 1. The molecule has 1 amide bonds. The third-order valence-corrected chi connectivity index (χ3v) is 6.95. The number of hydrogen-bond acceptors (Lipinski definition) is 5. The van der Waals surface area contributed by atoms with E-state index in [1.54, 1.807) is 42.7 Å². The van der Waals surface area contributed by atoms with Gasteiger partial charge in [0.15, 0.2) is 0 Å². The first-order chi connectivity index (χ1) is 15.1. The molecule has 5 nitrogen and oxygen atoms in total. The van der Waals surface area contributed by atoms with Crippen LogP contribution < -0.4 is 10.1 Å². The number of carbonyl (C=O) groups is 1. The Bertz CT molecular complexity index is 1020. The molecule has 0 unspecified atom stereocenters. The van der Waals surface area contributed by atoms with Crippen LogP contribution in [0.2, 0.25) is 0 Å². The van der Waals surface area contributed by atoms with Crippen molar-refractivity contribution in [2.24, 2.45) is 0 Å². The third-order valence-electron chi connectivity index (χ3n) is 5.81. The summed E-state index contributed by atoms with van der Waals surface area (Å²) in [6.45, 7) is 7.44. The first-order valence-corrected chi connectivity index (χ1v) is 11.3. The Morgan fingerprint density at radius 1 is 1.06 bits per heavy atom. The van der Waals surface area contributed by atoms with E-state index in [1.807, 2.05) is 6.07 Å². The highest BCUT2D eigenvalue weighted by atomic mass is 32.1. The number of morpholine rings is 1. The van der Waals surface area contributed by atoms with Crippen molar-refractivity contribution in [3.05, 3.63) is 81.7 Å². The molecular formula is C25H28N2O3S. The highest BCUT2D eigenvalue weighted by molar-refractivity contribution is 7.16. The van der Waals surface area contributed by atoms with Crippen LogP contribution in [-0.4, -0.2) is 44.2 Å². The van der Waals surface area contributed by atoms with Gasteiger partial charge in [-0.1, -0.05) is 30.3 Å². The van der Waals surface area contributed by atoms with Gasteiger partial charge in [-0.15, -0.1) is 11.3 Å². The van der Waals surface area contributed by atoms with Crippen molar-refractivity contribution in [2.75, 3.05) is 38.7 Å². The Morgan fingerprint density at radius 3 is 2.39 bits per heavy atom. The predicted octanol–water partition coefficient (Wildman–Crippen LogP) is 5.05. The molecule has 0 radical (unpaired) electrons. The van der Waals surface area contributed by atoms with Gasteiger partial charge >= 0.3 is 0 Å². The average molecular weight is 437 g/mol. The van der Waals surface area contributed by atoms with E-state index in [4.69, 9.17) is 9.47 Å². The maximum absolute atomic E-state index is 13.0. The Morgan fingerprint density at radius 2 is 1.74 bits per heavy atom. The summed E-state index contributed by atoms with van der Waals surface area (Å²) in [5.74, 6) is 0.621. The van der Waals surface area contributed by atoms with Crippen LogP contribution >= 0.6 is 11.3 Å². The molecule has 1 atom stereocenters. The maximum Gasteiger partial charge on any atom is 0.256 e. The van der Waals surface area contributed by atoms with E-state index in [1.165, 1.54) is 21.6 Å². The van der Waals surface area contributed by atoms with Crippen molar-refractivity contribution in [3.63, 3.8) is 0 Å². The van der Waals surface area contributed by atoms with Gasteiger partial charge in [-0.25, -0.2) is 0 Å². The van der Waals surface area contributed by atoms with Crippen LogP contribution in [0.4, 0.5) is 5.00 Å². The number of nitrogens with one attached hydrogen (secondary N) is 1. The monoisotopic (exact) mass is 436 g/mol. The summed E-state index contributed by atoms with van der Waals surface area (Å²) in [4.78, 5) is 16.7. The van der Waals surface area contributed by atoms with Gasteiger partial charge < -0.3 is 14.8 Å². The lowest BCUT2D eigenvalue weighted by molar-refractivity contribution is 0.0240. The molecule has 1 saturated heterocycles. The SMILES string of the molecule is COc1ccc(C(=O)Nc2sc(C)c(C)c2[C@H](c2ccccc2)N2CCOCC2)cc1. The fourth-order valence-corrected chi connectivity index (χ4v) is 5.10. The maximum atomic E-state index is 13.0. The molecule has 2 heterocycles. The van der Waals surface area contributed by atoms with E-state index in [2.05, 4.69) is 48.3 Å². The highest BCUT2D eigenvalue weighted by Gasteiger charge is 2.30. The quantitative estimate of drug-likeness (QED) is 0.588. The van der Waals surface area contributed by atoms with Crippen LogP contribution in [0.1, 0.15) is 38.0 Å². The van der Waals surface area contributed by atoms with Crippen LogP contribution in [0.15, 0.2) is 54.6 Å². The zero-order valence-electron chi connectivity index (χ0n) is 18.2. The minimum absolute atomic E-state index is 0.0706. The molecule has 162 valence electrons. The first kappa shape index (κ1) is 21.6. The van der Waals surface area contributed by atoms with Crippen LogP contribution in [-0.2, 0) is 4.74 Å². The summed E-state index contributed by atoms with van der Waals surface area (Å²) in [6, 6.07) is 17.8. The lowest BCUT2D eigenvalue weighted by atomic mass is 9.94. The van der Waals surface area contributed by atoms with Gasteiger partial charge in [0.05, 0.1) is 26.4 Å². The molecular weight excluding hydrogens is 408 g/mol. The van der Waals surface area contributed by atoms with Crippen molar-refractivity contribution < 1.29 is 14.3 Å². The topological polar surface area (TPSA) is 50.8 Å². The second kappa shape index (κ2) is 9.64. The number of benzene rings is 2. The summed E-state index contributed by atoms with van der Waals surface area (Å²) in [7, 11) is 1.62. The fourth-order valence-electron chi connectivity index (χ4n) is 4.02. The zero-order chi connectivity index (χ0) is 21.8. The number of thiophene rings is 1. The van der Waals surface area contributed by atoms with Crippen LogP contribution in [0.25, 0.3) is 0 Å². The molecule has 0 spiro atoms. The smallest absolute Gasteiger partial charge is 0.256 e. The van der Waals surface area contributed by atoms with Gasteiger partial charge in [0.25, 0.3) is 5.91 Å². The van der Waals surface area contributed by atoms with Crippen LogP contribution in [0.5, 0.6) is 5.75 Å². The number of carbonyl (C=O) groups excluding carboxylic acids is 1. The molecule has 4 rings (SSSR count). The molecule has 1 aromatic heterocycles. The molecule has 0 aliphatic carbocycles. The van der Waals surface area contributed by atoms with Gasteiger partial charge in [0.2, 0.25) is 0 Å². The molecule has 0 saturated carbocycles. The zero-order valence-corrected chi connectivity index (χ0v) is 19.0. The predicted molar refractivity (Wildman–Crippen MR) is 125 cm³/mol. The summed E-state index contributed by atoms with van der Waals surface area (Å²) < 4.78 is 10.8. The number of anilines is 1. The molecule has 1 aliphatic heterocycles. The van der Waals surface area contributed by atoms with Crippen molar-refractivity contribution in [2.45, 2.75) is 19.9 Å². The van der Waals surface area contributed by atoms with E-state index < -0.39 is 0 Å². The number of hydrogen-bond donors (Lipinski definition) is 1. The number of ether oxygens (including phenoxy) is 2. The van der Waals surface area contributed by atoms with Crippen LogP contribution in [0, 0.1) is 13.8 Å². The lowest BCUT2D eigenvalue weighted by Gasteiger charge is -2.35. The van der Waals surface area contributed by atoms with E-state index in [0.717, 1.165) is 37.1 Å².